The van der Waals surface area contributed by atoms with Gasteiger partial charge in [0.2, 0.25) is 5.95 Å². The number of imidazole rings is 1. The highest BCUT2D eigenvalue weighted by Crippen LogP contribution is 2.14. The fourth-order valence-corrected chi connectivity index (χ4v) is 2.04. The van der Waals surface area contributed by atoms with Gasteiger partial charge in [-0.05, 0) is 19.1 Å². The Morgan fingerprint density at radius 3 is 2.78 bits per heavy atom. The third-order valence-electron chi connectivity index (χ3n) is 3.06. The van der Waals surface area contributed by atoms with Crippen molar-refractivity contribution in [2.24, 2.45) is 0 Å². The second-order valence-corrected chi connectivity index (χ2v) is 4.34. The number of rotatable bonds is 2. The van der Waals surface area contributed by atoms with Gasteiger partial charge in [0.15, 0.2) is 0 Å². The van der Waals surface area contributed by atoms with Gasteiger partial charge in [-0.3, -0.25) is 4.98 Å². The maximum atomic E-state index is 5.83. The molecular weight excluding hydrogens is 224 g/mol. The molecule has 0 atom stereocenters. The Bertz CT molecular complexity index is 680. The molecule has 0 aliphatic carbocycles. The zero-order valence-electron chi connectivity index (χ0n) is 10.2. The van der Waals surface area contributed by atoms with Crippen molar-refractivity contribution >= 4 is 16.9 Å². The van der Waals surface area contributed by atoms with E-state index in [2.05, 4.69) is 22.1 Å². The number of para-hydroxylation sites is 1. The number of pyridine rings is 1. The van der Waals surface area contributed by atoms with Crippen molar-refractivity contribution in [3.05, 3.63) is 54.0 Å². The number of nitrogen functional groups attached to an aromatic ring is 1. The van der Waals surface area contributed by atoms with Crippen LogP contribution in [-0.2, 0) is 6.54 Å². The van der Waals surface area contributed by atoms with E-state index in [-0.39, 0.29) is 0 Å². The number of fused-ring (bicyclic) bond motifs is 1. The molecule has 18 heavy (non-hydrogen) atoms. The molecule has 0 saturated carbocycles. The predicted octanol–water partition coefficient (Wildman–Crippen LogP) is 2.37. The molecule has 2 N–H and O–H groups in total. The highest BCUT2D eigenvalue weighted by Gasteiger charge is 2.05. The maximum Gasteiger partial charge on any atom is 0.200 e. The van der Waals surface area contributed by atoms with Crippen LogP contribution in [0.4, 0.5) is 5.95 Å². The lowest BCUT2D eigenvalue weighted by molar-refractivity contribution is 0.764. The highest BCUT2D eigenvalue weighted by atomic mass is 15.2. The minimum absolute atomic E-state index is 0.530. The van der Waals surface area contributed by atoms with Crippen molar-refractivity contribution in [1.29, 1.82) is 0 Å². The van der Waals surface area contributed by atoms with E-state index < -0.39 is 0 Å². The molecule has 0 unspecified atom stereocenters. The van der Waals surface area contributed by atoms with Crippen molar-refractivity contribution in [2.45, 2.75) is 13.5 Å². The van der Waals surface area contributed by atoms with Gasteiger partial charge in [0.25, 0.3) is 0 Å². The van der Waals surface area contributed by atoms with E-state index in [4.69, 9.17) is 5.73 Å². The van der Waals surface area contributed by atoms with E-state index in [1.807, 2.05) is 35.8 Å². The fourth-order valence-electron chi connectivity index (χ4n) is 2.04. The van der Waals surface area contributed by atoms with Gasteiger partial charge in [0.05, 0.1) is 24.0 Å². The number of hydrogen-bond donors (Lipinski definition) is 1. The second-order valence-electron chi connectivity index (χ2n) is 4.34. The van der Waals surface area contributed by atoms with Crippen LogP contribution in [-0.4, -0.2) is 14.5 Å². The summed E-state index contributed by atoms with van der Waals surface area (Å²) in [5, 5.41) is 1.15. The van der Waals surface area contributed by atoms with E-state index in [1.165, 1.54) is 0 Å². The standard InChI is InChI=1S/C14H14N4/c1-10-8-16-14(15)18(10)9-12-7-6-11-4-2-3-5-13(11)17-12/h2-8H,9H2,1H3,(H2,15,16). The normalized spacial score (nSPS) is 10.9. The average Bonchev–Trinajstić information content (AvgIpc) is 2.70. The molecule has 2 heterocycles. The molecule has 0 aliphatic rings. The molecule has 4 heteroatoms. The topological polar surface area (TPSA) is 56.7 Å². The lowest BCUT2D eigenvalue weighted by Gasteiger charge is -2.07. The van der Waals surface area contributed by atoms with Gasteiger partial charge in [-0.15, -0.1) is 0 Å². The molecule has 2 aromatic heterocycles. The lowest BCUT2D eigenvalue weighted by atomic mass is 10.2. The molecule has 0 aliphatic heterocycles. The first-order valence-corrected chi connectivity index (χ1v) is 5.86. The van der Waals surface area contributed by atoms with E-state index >= 15 is 0 Å². The summed E-state index contributed by atoms with van der Waals surface area (Å²) in [6, 6.07) is 12.2. The summed E-state index contributed by atoms with van der Waals surface area (Å²) in [6.45, 7) is 2.65. The SMILES string of the molecule is Cc1cnc(N)n1Cc1ccc2ccccc2n1. The Hall–Kier alpha value is -2.36. The Kier molecular flexibility index (Phi) is 2.48. The van der Waals surface area contributed by atoms with Crippen molar-refractivity contribution in [3.8, 4) is 0 Å². The highest BCUT2D eigenvalue weighted by molar-refractivity contribution is 5.78. The van der Waals surface area contributed by atoms with Crippen LogP contribution in [0.2, 0.25) is 0 Å². The van der Waals surface area contributed by atoms with E-state index in [0.717, 1.165) is 22.3 Å². The zero-order chi connectivity index (χ0) is 12.5. The van der Waals surface area contributed by atoms with E-state index in [9.17, 15) is 0 Å². The largest absolute Gasteiger partial charge is 0.369 e. The molecule has 3 aromatic rings. The second kappa shape index (κ2) is 4.14. The van der Waals surface area contributed by atoms with Gasteiger partial charge in [0.1, 0.15) is 0 Å². The summed E-state index contributed by atoms with van der Waals surface area (Å²) in [5.74, 6) is 0.530. The van der Waals surface area contributed by atoms with Gasteiger partial charge in [-0.1, -0.05) is 24.3 Å². The molecule has 90 valence electrons. The Morgan fingerprint density at radius 1 is 1.17 bits per heavy atom. The number of nitrogens with two attached hydrogens (primary N) is 1. The van der Waals surface area contributed by atoms with E-state index in [1.54, 1.807) is 6.20 Å². The predicted molar refractivity (Wildman–Crippen MR) is 72.2 cm³/mol. The Labute approximate surface area is 105 Å². The van der Waals surface area contributed by atoms with Crippen LogP contribution < -0.4 is 5.73 Å². The minimum atomic E-state index is 0.530. The number of aromatic nitrogens is 3. The number of anilines is 1. The Balaban J connectivity index is 2.00. The van der Waals surface area contributed by atoms with Gasteiger partial charge in [-0.2, -0.15) is 0 Å². The molecule has 1 aromatic carbocycles. The van der Waals surface area contributed by atoms with Crippen LogP contribution in [0, 0.1) is 6.92 Å². The van der Waals surface area contributed by atoms with Gasteiger partial charge < -0.3 is 10.3 Å². The van der Waals surface area contributed by atoms with Crippen molar-refractivity contribution in [3.63, 3.8) is 0 Å². The number of benzene rings is 1. The van der Waals surface area contributed by atoms with Crippen LogP contribution in [0.1, 0.15) is 11.4 Å². The zero-order valence-corrected chi connectivity index (χ0v) is 10.2. The molecule has 0 saturated heterocycles. The van der Waals surface area contributed by atoms with Crippen molar-refractivity contribution < 1.29 is 0 Å². The molecular formula is C14H14N4. The molecule has 0 amide bonds. The lowest BCUT2D eigenvalue weighted by Crippen LogP contribution is -2.07. The summed E-state index contributed by atoms with van der Waals surface area (Å²) in [7, 11) is 0. The van der Waals surface area contributed by atoms with Gasteiger partial charge in [0, 0.05) is 11.1 Å². The first kappa shape index (κ1) is 10.8. The van der Waals surface area contributed by atoms with Gasteiger partial charge >= 0.3 is 0 Å². The maximum absolute atomic E-state index is 5.83. The van der Waals surface area contributed by atoms with Gasteiger partial charge in [-0.25, -0.2) is 4.98 Å². The van der Waals surface area contributed by atoms with E-state index in [0.29, 0.717) is 12.5 Å². The first-order valence-electron chi connectivity index (χ1n) is 5.86. The summed E-state index contributed by atoms with van der Waals surface area (Å²) in [4.78, 5) is 8.72. The minimum Gasteiger partial charge on any atom is -0.369 e. The molecule has 0 radical (unpaired) electrons. The van der Waals surface area contributed by atoms with Crippen LogP contribution in [0.5, 0.6) is 0 Å². The number of aryl methyl sites for hydroxylation is 1. The van der Waals surface area contributed by atoms with Crippen LogP contribution in [0.25, 0.3) is 10.9 Å². The fraction of sp³-hybridized carbons (Fsp3) is 0.143. The third-order valence-corrected chi connectivity index (χ3v) is 3.06. The summed E-state index contributed by atoms with van der Waals surface area (Å²) >= 11 is 0. The number of nitrogens with zero attached hydrogens (tertiary/aromatic N) is 3. The average molecular weight is 238 g/mol. The smallest absolute Gasteiger partial charge is 0.200 e. The molecule has 0 spiro atoms. The van der Waals surface area contributed by atoms with Crippen LogP contribution in [0.3, 0.4) is 0 Å². The third kappa shape index (κ3) is 1.82. The quantitative estimate of drug-likeness (QED) is 0.745. The van der Waals surface area contributed by atoms with Crippen molar-refractivity contribution in [2.75, 3.05) is 5.73 Å². The first-order chi connectivity index (χ1) is 8.74. The number of hydrogen-bond acceptors (Lipinski definition) is 3. The van der Waals surface area contributed by atoms with Crippen molar-refractivity contribution in [1.82, 2.24) is 14.5 Å². The monoisotopic (exact) mass is 238 g/mol. The van der Waals surface area contributed by atoms with Crippen LogP contribution in [0.15, 0.2) is 42.6 Å². The Morgan fingerprint density at radius 2 is 2.00 bits per heavy atom. The molecule has 4 nitrogen and oxygen atoms in total. The molecule has 0 fully saturated rings. The summed E-state index contributed by atoms with van der Waals surface area (Å²) < 4.78 is 1.96. The summed E-state index contributed by atoms with van der Waals surface area (Å²) in [5.41, 5.74) is 8.86. The molecule has 3 rings (SSSR count). The summed E-state index contributed by atoms with van der Waals surface area (Å²) in [6.07, 6.45) is 1.77. The van der Waals surface area contributed by atoms with Crippen LogP contribution >= 0.6 is 0 Å². The molecule has 0 bridgehead atoms.